The molecular weight excluding hydrogens is 330 g/mol. The van der Waals surface area contributed by atoms with Crippen LogP contribution in [-0.4, -0.2) is 53.6 Å². The van der Waals surface area contributed by atoms with E-state index in [1.54, 1.807) is 0 Å². The van der Waals surface area contributed by atoms with Gasteiger partial charge >= 0.3 is 0 Å². The van der Waals surface area contributed by atoms with Crippen molar-refractivity contribution in [2.45, 2.75) is 32.7 Å². The molecule has 1 aliphatic rings. The average molecular weight is 357 g/mol. The molecule has 6 heteroatoms. The third kappa shape index (κ3) is 5.59. The van der Waals surface area contributed by atoms with E-state index in [2.05, 4.69) is 10.1 Å². The van der Waals surface area contributed by atoms with Gasteiger partial charge in [-0.05, 0) is 31.9 Å². The number of rotatable bonds is 7. The van der Waals surface area contributed by atoms with Gasteiger partial charge < -0.3 is 14.2 Å². The molecule has 0 saturated carbocycles. The lowest BCUT2D eigenvalue weighted by Gasteiger charge is -2.21. The monoisotopic (exact) mass is 357 g/mol. The number of carbonyl (C=O) groups is 1. The zero-order valence-electron chi connectivity index (χ0n) is 15.4. The smallest absolute Gasteiger partial charge is 0.222 e. The summed E-state index contributed by atoms with van der Waals surface area (Å²) in [5.41, 5.74) is 0.959. The summed E-state index contributed by atoms with van der Waals surface area (Å²) in [7, 11) is 0. The molecule has 0 spiro atoms. The Kier molecular flexibility index (Phi) is 6.66. The molecule has 1 saturated heterocycles. The number of nitrogens with zero attached hydrogens (tertiary/aromatic N) is 3. The summed E-state index contributed by atoms with van der Waals surface area (Å²) in [6, 6.07) is 11.7. The highest BCUT2D eigenvalue weighted by molar-refractivity contribution is 5.76. The van der Waals surface area contributed by atoms with Crippen molar-refractivity contribution in [2.75, 3.05) is 32.8 Å². The van der Waals surface area contributed by atoms with Gasteiger partial charge in [0.15, 0.2) is 0 Å². The molecule has 1 aliphatic heterocycles. The minimum atomic E-state index is 0.223. The van der Waals surface area contributed by atoms with Crippen molar-refractivity contribution in [3.63, 3.8) is 0 Å². The number of carbonyl (C=O) groups excluding carboxylic acids is 1. The number of aromatic nitrogens is 1. The van der Waals surface area contributed by atoms with Crippen molar-refractivity contribution in [3.05, 3.63) is 47.9 Å². The van der Waals surface area contributed by atoms with Crippen molar-refractivity contribution in [1.82, 2.24) is 15.0 Å². The van der Waals surface area contributed by atoms with E-state index in [4.69, 9.17) is 9.26 Å². The summed E-state index contributed by atoms with van der Waals surface area (Å²) in [5, 5.41) is 4.06. The Balaban J connectivity index is 1.37. The van der Waals surface area contributed by atoms with Crippen LogP contribution in [0.25, 0.3) is 0 Å². The minimum absolute atomic E-state index is 0.223. The maximum Gasteiger partial charge on any atom is 0.222 e. The van der Waals surface area contributed by atoms with Crippen LogP contribution in [0.5, 0.6) is 5.75 Å². The largest absolute Gasteiger partial charge is 0.494 e. The fourth-order valence-electron chi connectivity index (χ4n) is 3.19. The Labute approximate surface area is 154 Å². The predicted octanol–water partition coefficient (Wildman–Crippen LogP) is 2.88. The molecule has 1 aromatic carbocycles. The average Bonchev–Trinajstić information content (AvgIpc) is 2.91. The number of para-hydroxylation sites is 1. The molecule has 140 valence electrons. The summed E-state index contributed by atoms with van der Waals surface area (Å²) in [6.45, 7) is 6.71. The fourth-order valence-corrected chi connectivity index (χ4v) is 3.19. The van der Waals surface area contributed by atoms with Crippen LogP contribution in [0, 0.1) is 6.92 Å². The van der Waals surface area contributed by atoms with E-state index in [0.717, 1.165) is 62.8 Å². The van der Waals surface area contributed by atoms with E-state index in [0.29, 0.717) is 13.0 Å². The topological polar surface area (TPSA) is 58.8 Å². The highest BCUT2D eigenvalue weighted by Crippen LogP contribution is 2.12. The second-order valence-electron chi connectivity index (χ2n) is 6.70. The number of aryl methyl sites for hydroxylation is 1. The molecule has 0 unspecified atom stereocenters. The molecule has 0 N–H and O–H groups in total. The molecule has 0 aliphatic carbocycles. The maximum absolute atomic E-state index is 12.5. The zero-order chi connectivity index (χ0) is 18.2. The quantitative estimate of drug-likeness (QED) is 0.713. The molecule has 1 aromatic heterocycles. The van der Waals surface area contributed by atoms with Crippen LogP contribution in [0.4, 0.5) is 0 Å². The van der Waals surface area contributed by atoms with Crippen molar-refractivity contribution < 1.29 is 14.1 Å². The summed E-state index contributed by atoms with van der Waals surface area (Å²) in [4.78, 5) is 16.8. The third-order valence-corrected chi connectivity index (χ3v) is 4.55. The van der Waals surface area contributed by atoms with Gasteiger partial charge in [0, 0.05) is 45.2 Å². The number of hydrogen-bond acceptors (Lipinski definition) is 5. The predicted molar refractivity (Wildman–Crippen MR) is 98.9 cm³/mol. The SMILES string of the molecule is Cc1cc(CN2CCCN(C(=O)CCCOc3ccccc3)CC2)no1. The second-order valence-corrected chi connectivity index (χ2v) is 6.70. The van der Waals surface area contributed by atoms with E-state index in [1.807, 2.05) is 48.2 Å². The van der Waals surface area contributed by atoms with E-state index in [9.17, 15) is 4.79 Å². The van der Waals surface area contributed by atoms with Gasteiger partial charge in [-0.15, -0.1) is 0 Å². The first-order valence-electron chi connectivity index (χ1n) is 9.31. The van der Waals surface area contributed by atoms with Crippen molar-refractivity contribution in [3.8, 4) is 5.75 Å². The lowest BCUT2D eigenvalue weighted by molar-refractivity contribution is -0.131. The van der Waals surface area contributed by atoms with Crippen LogP contribution >= 0.6 is 0 Å². The van der Waals surface area contributed by atoms with Crippen molar-refractivity contribution in [1.29, 1.82) is 0 Å². The van der Waals surface area contributed by atoms with Gasteiger partial charge in [0.2, 0.25) is 5.91 Å². The van der Waals surface area contributed by atoms with Gasteiger partial charge in [-0.2, -0.15) is 0 Å². The van der Waals surface area contributed by atoms with Crippen LogP contribution in [0.3, 0.4) is 0 Å². The second kappa shape index (κ2) is 9.38. The summed E-state index contributed by atoms with van der Waals surface area (Å²) in [6.07, 6.45) is 2.27. The molecule has 2 aromatic rings. The molecule has 6 nitrogen and oxygen atoms in total. The van der Waals surface area contributed by atoms with Crippen LogP contribution in [0.15, 0.2) is 40.9 Å². The van der Waals surface area contributed by atoms with Gasteiger partial charge in [0.25, 0.3) is 0 Å². The molecule has 2 heterocycles. The first kappa shape index (κ1) is 18.5. The number of ether oxygens (including phenoxy) is 1. The first-order valence-corrected chi connectivity index (χ1v) is 9.31. The molecule has 1 fully saturated rings. The van der Waals surface area contributed by atoms with E-state index in [1.165, 1.54) is 0 Å². The summed E-state index contributed by atoms with van der Waals surface area (Å²) >= 11 is 0. The van der Waals surface area contributed by atoms with E-state index < -0.39 is 0 Å². The molecule has 3 rings (SSSR count). The molecule has 0 bridgehead atoms. The van der Waals surface area contributed by atoms with Gasteiger partial charge in [0.1, 0.15) is 11.5 Å². The minimum Gasteiger partial charge on any atom is -0.494 e. The number of amides is 1. The normalized spacial score (nSPS) is 15.7. The Bertz CT molecular complexity index is 687. The van der Waals surface area contributed by atoms with Crippen LogP contribution in [0.2, 0.25) is 0 Å². The summed E-state index contributed by atoms with van der Waals surface area (Å²) < 4.78 is 10.8. The Morgan fingerprint density at radius 3 is 2.81 bits per heavy atom. The van der Waals surface area contributed by atoms with E-state index in [-0.39, 0.29) is 5.91 Å². The van der Waals surface area contributed by atoms with Gasteiger partial charge in [-0.1, -0.05) is 23.4 Å². The van der Waals surface area contributed by atoms with E-state index >= 15 is 0 Å². The molecule has 0 radical (unpaired) electrons. The van der Waals surface area contributed by atoms with Crippen LogP contribution in [-0.2, 0) is 11.3 Å². The van der Waals surface area contributed by atoms with Gasteiger partial charge in [-0.25, -0.2) is 0 Å². The lowest BCUT2D eigenvalue weighted by atomic mass is 10.2. The number of benzene rings is 1. The molecule has 1 amide bonds. The zero-order valence-corrected chi connectivity index (χ0v) is 15.4. The Morgan fingerprint density at radius 2 is 2.04 bits per heavy atom. The molecule has 26 heavy (non-hydrogen) atoms. The van der Waals surface area contributed by atoms with Crippen molar-refractivity contribution in [2.24, 2.45) is 0 Å². The van der Waals surface area contributed by atoms with Crippen LogP contribution < -0.4 is 4.74 Å². The summed E-state index contributed by atoms with van der Waals surface area (Å²) in [5.74, 6) is 1.92. The fraction of sp³-hybridized carbons (Fsp3) is 0.500. The maximum atomic E-state index is 12.5. The van der Waals surface area contributed by atoms with Crippen LogP contribution in [0.1, 0.15) is 30.7 Å². The number of hydrogen-bond donors (Lipinski definition) is 0. The Morgan fingerprint density at radius 1 is 1.19 bits per heavy atom. The first-order chi connectivity index (χ1) is 12.7. The van der Waals surface area contributed by atoms with Crippen molar-refractivity contribution >= 4 is 5.91 Å². The highest BCUT2D eigenvalue weighted by atomic mass is 16.5. The Hall–Kier alpha value is -2.34. The standard InChI is InChI=1S/C20H27N3O3/c1-17-15-18(21-26-17)16-22-10-6-11-23(13-12-22)20(24)9-5-14-25-19-7-3-2-4-8-19/h2-4,7-8,15H,5-6,9-14,16H2,1H3. The third-order valence-electron chi connectivity index (χ3n) is 4.55. The van der Waals surface area contributed by atoms with Gasteiger partial charge in [-0.3, -0.25) is 9.69 Å². The highest BCUT2D eigenvalue weighted by Gasteiger charge is 2.19. The lowest BCUT2D eigenvalue weighted by Crippen LogP contribution is -2.35. The molecular formula is C20H27N3O3. The van der Waals surface area contributed by atoms with Gasteiger partial charge in [0.05, 0.1) is 12.3 Å². The molecule has 0 atom stereocenters.